The van der Waals surface area contributed by atoms with Gasteiger partial charge in [0.15, 0.2) is 0 Å². The topological polar surface area (TPSA) is 83.5 Å². The molecular formula is C8H17NO4S. The minimum atomic E-state index is -3.21. The Morgan fingerprint density at radius 1 is 1.50 bits per heavy atom. The fourth-order valence-corrected chi connectivity index (χ4v) is 2.20. The van der Waals surface area contributed by atoms with Crippen LogP contribution in [-0.4, -0.2) is 31.8 Å². The van der Waals surface area contributed by atoms with Gasteiger partial charge in [0, 0.05) is 13.0 Å². The van der Waals surface area contributed by atoms with Crippen LogP contribution in [0.2, 0.25) is 0 Å². The average Bonchev–Trinajstić information content (AvgIpc) is 2.00. The van der Waals surface area contributed by atoms with Gasteiger partial charge in [0.25, 0.3) is 0 Å². The highest BCUT2D eigenvalue weighted by Crippen LogP contribution is 2.00. The molecule has 0 aliphatic carbocycles. The maximum Gasteiger partial charge on any atom is 0.303 e. The summed E-state index contributed by atoms with van der Waals surface area (Å²) >= 11 is 0. The SMILES string of the molecule is CCCS(=O)(=O)NCC(C)CC(=O)O. The zero-order chi connectivity index (χ0) is 11.2. The van der Waals surface area contributed by atoms with Gasteiger partial charge in [-0.05, 0) is 12.3 Å². The first-order valence-electron chi connectivity index (χ1n) is 4.56. The molecule has 0 amide bonds. The summed E-state index contributed by atoms with van der Waals surface area (Å²) in [6.45, 7) is 3.66. The van der Waals surface area contributed by atoms with Crippen LogP contribution in [0, 0.1) is 5.92 Å². The van der Waals surface area contributed by atoms with Crippen molar-refractivity contribution in [1.82, 2.24) is 4.72 Å². The van der Waals surface area contributed by atoms with Crippen molar-refractivity contribution in [3.63, 3.8) is 0 Å². The number of nitrogens with one attached hydrogen (secondary N) is 1. The first-order chi connectivity index (χ1) is 6.37. The van der Waals surface area contributed by atoms with Gasteiger partial charge < -0.3 is 5.11 Å². The van der Waals surface area contributed by atoms with E-state index in [9.17, 15) is 13.2 Å². The molecule has 6 heteroatoms. The molecule has 5 nitrogen and oxygen atoms in total. The third-order valence-corrected chi connectivity index (χ3v) is 3.20. The molecule has 0 aromatic rings. The molecule has 1 atom stereocenters. The van der Waals surface area contributed by atoms with Crippen molar-refractivity contribution in [1.29, 1.82) is 0 Å². The molecule has 0 aromatic heterocycles. The van der Waals surface area contributed by atoms with Crippen molar-refractivity contribution in [3.8, 4) is 0 Å². The van der Waals surface area contributed by atoms with Crippen LogP contribution >= 0.6 is 0 Å². The Kier molecular flexibility index (Phi) is 5.71. The predicted molar refractivity (Wildman–Crippen MR) is 53.5 cm³/mol. The van der Waals surface area contributed by atoms with Crippen molar-refractivity contribution in [3.05, 3.63) is 0 Å². The zero-order valence-electron chi connectivity index (χ0n) is 8.49. The van der Waals surface area contributed by atoms with Crippen LogP contribution < -0.4 is 4.72 Å². The highest BCUT2D eigenvalue weighted by atomic mass is 32.2. The van der Waals surface area contributed by atoms with Crippen molar-refractivity contribution >= 4 is 16.0 Å². The molecule has 0 rings (SSSR count). The number of rotatable bonds is 7. The summed E-state index contributed by atoms with van der Waals surface area (Å²) in [7, 11) is -3.21. The predicted octanol–water partition coefficient (Wildman–Crippen LogP) is 0.427. The van der Waals surface area contributed by atoms with Gasteiger partial charge >= 0.3 is 5.97 Å². The molecule has 0 radical (unpaired) electrons. The summed E-state index contributed by atoms with van der Waals surface area (Å²) in [6, 6.07) is 0. The summed E-state index contributed by atoms with van der Waals surface area (Å²) in [5.74, 6) is -1.00. The van der Waals surface area contributed by atoms with Crippen LogP contribution in [0.3, 0.4) is 0 Å². The second kappa shape index (κ2) is 5.98. The normalized spacial score (nSPS) is 13.9. The third-order valence-electron chi connectivity index (χ3n) is 1.65. The van der Waals surface area contributed by atoms with E-state index >= 15 is 0 Å². The highest BCUT2D eigenvalue weighted by Gasteiger charge is 2.12. The summed E-state index contributed by atoms with van der Waals surface area (Å²) in [5.41, 5.74) is 0. The van der Waals surface area contributed by atoms with Crippen LogP contribution in [0.4, 0.5) is 0 Å². The number of aliphatic carboxylic acids is 1. The van der Waals surface area contributed by atoms with Crippen LogP contribution in [0.5, 0.6) is 0 Å². The minimum absolute atomic E-state index is 0.0192. The molecule has 0 aromatic carbocycles. The number of carboxylic acids is 1. The van der Waals surface area contributed by atoms with Gasteiger partial charge in [-0.2, -0.15) is 0 Å². The molecule has 0 heterocycles. The molecule has 2 N–H and O–H groups in total. The van der Waals surface area contributed by atoms with E-state index in [2.05, 4.69) is 4.72 Å². The van der Waals surface area contributed by atoms with Crippen molar-refractivity contribution < 1.29 is 18.3 Å². The molecule has 84 valence electrons. The van der Waals surface area contributed by atoms with Gasteiger partial charge in [0.05, 0.1) is 5.75 Å². The van der Waals surface area contributed by atoms with E-state index in [1.54, 1.807) is 13.8 Å². The number of sulfonamides is 1. The van der Waals surface area contributed by atoms with Gasteiger partial charge in [0.2, 0.25) is 10.0 Å². The molecule has 0 bridgehead atoms. The largest absolute Gasteiger partial charge is 0.481 e. The molecule has 0 aliphatic rings. The maximum atomic E-state index is 11.2. The fraction of sp³-hybridized carbons (Fsp3) is 0.875. The lowest BCUT2D eigenvalue weighted by Gasteiger charge is -2.10. The minimum Gasteiger partial charge on any atom is -0.481 e. The molecule has 0 aliphatic heterocycles. The molecule has 1 unspecified atom stereocenters. The molecular weight excluding hydrogens is 206 g/mol. The fourth-order valence-electron chi connectivity index (χ4n) is 0.980. The first kappa shape index (κ1) is 13.4. The average molecular weight is 223 g/mol. The van der Waals surface area contributed by atoms with E-state index in [4.69, 9.17) is 5.11 Å². The Bertz CT molecular complexity index is 273. The summed E-state index contributed by atoms with van der Waals surface area (Å²) in [6.07, 6.45) is 0.539. The second-order valence-corrected chi connectivity index (χ2v) is 5.30. The van der Waals surface area contributed by atoms with Gasteiger partial charge in [0.1, 0.15) is 0 Å². The molecule has 14 heavy (non-hydrogen) atoms. The van der Waals surface area contributed by atoms with E-state index in [1.165, 1.54) is 0 Å². The van der Waals surface area contributed by atoms with Crippen molar-refractivity contribution in [2.24, 2.45) is 5.92 Å². The van der Waals surface area contributed by atoms with E-state index in [0.717, 1.165) is 0 Å². The van der Waals surface area contributed by atoms with Crippen LogP contribution in [-0.2, 0) is 14.8 Å². The second-order valence-electron chi connectivity index (χ2n) is 3.37. The van der Waals surface area contributed by atoms with Gasteiger partial charge in [-0.15, -0.1) is 0 Å². The molecule has 0 fully saturated rings. The number of carbonyl (C=O) groups is 1. The van der Waals surface area contributed by atoms with Gasteiger partial charge in [-0.3, -0.25) is 4.79 Å². The molecule has 0 spiro atoms. The lowest BCUT2D eigenvalue weighted by molar-refractivity contribution is -0.137. The van der Waals surface area contributed by atoms with Gasteiger partial charge in [-0.25, -0.2) is 13.1 Å². The Morgan fingerprint density at radius 2 is 2.07 bits per heavy atom. The van der Waals surface area contributed by atoms with Crippen LogP contribution in [0.1, 0.15) is 26.7 Å². The quantitative estimate of drug-likeness (QED) is 0.655. The zero-order valence-corrected chi connectivity index (χ0v) is 9.30. The monoisotopic (exact) mass is 223 g/mol. The van der Waals surface area contributed by atoms with E-state index < -0.39 is 16.0 Å². The Balaban J connectivity index is 3.87. The smallest absolute Gasteiger partial charge is 0.303 e. The molecule has 0 saturated carbocycles. The number of hydrogen-bond donors (Lipinski definition) is 2. The van der Waals surface area contributed by atoms with Crippen LogP contribution in [0.15, 0.2) is 0 Å². The summed E-state index contributed by atoms with van der Waals surface area (Å²) < 4.78 is 24.7. The van der Waals surface area contributed by atoms with E-state index in [1.807, 2.05) is 0 Å². The van der Waals surface area contributed by atoms with Crippen molar-refractivity contribution in [2.75, 3.05) is 12.3 Å². The lowest BCUT2D eigenvalue weighted by atomic mass is 10.1. The van der Waals surface area contributed by atoms with E-state index in [0.29, 0.717) is 6.42 Å². The Labute approximate surface area is 84.6 Å². The number of carboxylic acid groups (broad SMARTS) is 1. The van der Waals surface area contributed by atoms with Gasteiger partial charge in [-0.1, -0.05) is 13.8 Å². The summed E-state index contributed by atoms with van der Waals surface area (Å²) in [4.78, 5) is 10.3. The highest BCUT2D eigenvalue weighted by molar-refractivity contribution is 7.89. The third kappa shape index (κ3) is 6.85. The Hall–Kier alpha value is -0.620. The standard InChI is InChI=1S/C8H17NO4S/c1-3-4-14(12,13)9-6-7(2)5-8(10)11/h7,9H,3-6H2,1-2H3,(H,10,11). The van der Waals surface area contributed by atoms with E-state index in [-0.39, 0.29) is 24.6 Å². The first-order valence-corrected chi connectivity index (χ1v) is 6.21. The number of hydrogen-bond acceptors (Lipinski definition) is 3. The lowest BCUT2D eigenvalue weighted by Crippen LogP contribution is -2.31. The summed E-state index contributed by atoms with van der Waals surface area (Å²) in [5, 5.41) is 8.44. The van der Waals surface area contributed by atoms with Crippen molar-refractivity contribution in [2.45, 2.75) is 26.7 Å². The Morgan fingerprint density at radius 3 is 2.50 bits per heavy atom. The van der Waals surface area contributed by atoms with Crippen LogP contribution in [0.25, 0.3) is 0 Å². The molecule has 0 saturated heterocycles. The maximum absolute atomic E-state index is 11.2.